The third kappa shape index (κ3) is 3.33. The molecule has 0 aromatic carbocycles. The SMILES string of the molecule is CC(NCC(O)c1ccsc1)c1cnccn1. The molecule has 0 fully saturated rings. The van der Waals surface area contributed by atoms with E-state index in [4.69, 9.17) is 0 Å². The fourth-order valence-corrected chi connectivity index (χ4v) is 2.22. The largest absolute Gasteiger partial charge is 0.387 e. The highest BCUT2D eigenvalue weighted by atomic mass is 32.1. The third-order valence-corrected chi connectivity index (χ3v) is 3.27. The predicted octanol–water partition coefficient (Wildman–Crippen LogP) is 1.92. The van der Waals surface area contributed by atoms with Crippen LogP contribution >= 0.6 is 11.3 Å². The molecule has 0 saturated carbocycles. The summed E-state index contributed by atoms with van der Waals surface area (Å²) in [7, 11) is 0. The Bertz CT molecular complexity index is 432. The van der Waals surface area contributed by atoms with E-state index in [2.05, 4.69) is 15.3 Å². The summed E-state index contributed by atoms with van der Waals surface area (Å²) in [6, 6.07) is 2.02. The molecule has 4 nitrogen and oxygen atoms in total. The number of thiophene rings is 1. The Morgan fingerprint density at radius 3 is 3.00 bits per heavy atom. The van der Waals surface area contributed by atoms with Crippen molar-refractivity contribution in [1.29, 1.82) is 0 Å². The minimum atomic E-state index is -0.472. The van der Waals surface area contributed by atoms with E-state index in [1.165, 1.54) is 0 Å². The summed E-state index contributed by atoms with van der Waals surface area (Å²) in [5.74, 6) is 0. The average molecular weight is 249 g/mol. The van der Waals surface area contributed by atoms with E-state index < -0.39 is 6.10 Å². The van der Waals surface area contributed by atoms with Gasteiger partial charge in [-0.05, 0) is 29.3 Å². The van der Waals surface area contributed by atoms with Crippen LogP contribution in [-0.4, -0.2) is 21.6 Å². The highest BCUT2D eigenvalue weighted by Crippen LogP contribution is 2.16. The van der Waals surface area contributed by atoms with Crippen molar-refractivity contribution in [3.63, 3.8) is 0 Å². The number of rotatable bonds is 5. The highest BCUT2D eigenvalue weighted by molar-refractivity contribution is 7.07. The maximum atomic E-state index is 9.91. The van der Waals surface area contributed by atoms with Crippen molar-refractivity contribution in [2.24, 2.45) is 0 Å². The number of aliphatic hydroxyl groups is 1. The van der Waals surface area contributed by atoms with Crippen molar-refractivity contribution in [3.05, 3.63) is 46.7 Å². The zero-order valence-electron chi connectivity index (χ0n) is 9.58. The number of hydrogen-bond acceptors (Lipinski definition) is 5. The molecular weight excluding hydrogens is 234 g/mol. The number of nitrogens with one attached hydrogen (secondary N) is 1. The van der Waals surface area contributed by atoms with E-state index in [1.807, 2.05) is 23.8 Å². The fraction of sp³-hybridized carbons (Fsp3) is 0.333. The molecule has 2 N–H and O–H groups in total. The van der Waals surface area contributed by atoms with Gasteiger partial charge >= 0.3 is 0 Å². The van der Waals surface area contributed by atoms with E-state index in [0.29, 0.717) is 6.54 Å². The van der Waals surface area contributed by atoms with E-state index in [1.54, 1.807) is 29.9 Å². The summed E-state index contributed by atoms with van der Waals surface area (Å²) in [4.78, 5) is 8.23. The molecule has 2 heterocycles. The minimum Gasteiger partial charge on any atom is -0.387 e. The second kappa shape index (κ2) is 5.86. The van der Waals surface area contributed by atoms with Crippen LogP contribution in [0.25, 0.3) is 0 Å². The second-order valence-corrected chi connectivity index (χ2v) is 4.61. The molecule has 0 radical (unpaired) electrons. The highest BCUT2D eigenvalue weighted by Gasteiger charge is 2.11. The topological polar surface area (TPSA) is 58.0 Å². The lowest BCUT2D eigenvalue weighted by Gasteiger charge is -2.15. The Morgan fingerprint density at radius 1 is 1.47 bits per heavy atom. The number of nitrogens with zero attached hydrogens (tertiary/aromatic N) is 2. The van der Waals surface area contributed by atoms with Crippen molar-refractivity contribution in [1.82, 2.24) is 15.3 Å². The van der Waals surface area contributed by atoms with Crippen LogP contribution in [0.4, 0.5) is 0 Å². The molecule has 17 heavy (non-hydrogen) atoms. The summed E-state index contributed by atoms with van der Waals surface area (Å²) in [6.45, 7) is 2.51. The molecular formula is C12H15N3OS. The van der Waals surface area contributed by atoms with Crippen molar-refractivity contribution < 1.29 is 5.11 Å². The van der Waals surface area contributed by atoms with Crippen LogP contribution in [0.15, 0.2) is 35.4 Å². The van der Waals surface area contributed by atoms with Crippen LogP contribution in [-0.2, 0) is 0 Å². The van der Waals surface area contributed by atoms with Gasteiger partial charge in [0.2, 0.25) is 0 Å². The van der Waals surface area contributed by atoms with Crippen LogP contribution in [0, 0.1) is 0 Å². The Morgan fingerprint density at radius 2 is 2.35 bits per heavy atom. The van der Waals surface area contributed by atoms with Gasteiger partial charge in [-0.3, -0.25) is 9.97 Å². The molecule has 2 unspecified atom stereocenters. The van der Waals surface area contributed by atoms with Gasteiger partial charge in [0.1, 0.15) is 0 Å². The molecule has 90 valence electrons. The van der Waals surface area contributed by atoms with Crippen molar-refractivity contribution in [3.8, 4) is 0 Å². The number of aliphatic hydroxyl groups excluding tert-OH is 1. The monoisotopic (exact) mass is 249 g/mol. The molecule has 0 bridgehead atoms. The van der Waals surface area contributed by atoms with Crippen molar-refractivity contribution in [2.75, 3.05) is 6.54 Å². The summed E-state index contributed by atoms with van der Waals surface area (Å²) in [6.07, 6.45) is 4.58. The summed E-state index contributed by atoms with van der Waals surface area (Å²) in [5.41, 5.74) is 1.83. The van der Waals surface area contributed by atoms with Gasteiger partial charge in [-0.2, -0.15) is 11.3 Å². The minimum absolute atomic E-state index is 0.0805. The second-order valence-electron chi connectivity index (χ2n) is 3.83. The zero-order chi connectivity index (χ0) is 12.1. The molecule has 2 aromatic rings. The van der Waals surface area contributed by atoms with Gasteiger partial charge < -0.3 is 10.4 Å². The maximum absolute atomic E-state index is 9.91. The van der Waals surface area contributed by atoms with Gasteiger partial charge in [0.15, 0.2) is 0 Å². The average Bonchev–Trinajstić information content (AvgIpc) is 2.90. The predicted molar refractivity (Wildman–Crippen MR) is 67.7 cm³/mol. The van der Waals surface area contributed by atoms with E-state index in [9.17, 15) is 5.11 Å². The lowest BCUT2D eigenvalue weighted by atomic mass is 10.2. The molecule has 0 saturated heterocycles. The van der Waals surface area contributed by atoms with E-state index >= 15 is 0 Å². The first kappa shape index (κ1) is 12.2. The first-order valence-electron chi connectivity index (χ1n) is 5.47. The van der Waals surface area contributed by atoms with Crippen LogP contribution in [0.3, 0.4) is 0 Å². The maximum Gasteiger partial charge on any atom is 0.0922 e. The molecule has 0 spiro atoms. The van der Waals surface area contributed by atoms with Gasteiger partial charge in [-0.1, -0.05) is 0 Å². The summed E-state index contributed by atoms with van der Waals surface area (Å²) >= 11 is 1.59. The first-order chi connectivity index (χ1) is 8.27. The van der Waals surface area contributed by atoms with Crippen LogP contribution < -0.4 is 5.32 Å². The standard InChI is InChI=1S/C12H15N3OS/c1-9(11-6-13-3-4-14-11)15-7-12(16)10-2-5-17-8-10/h2-6,8-9,12,15-16H,7H2,1H3. The lowest BCUT2D eigenvalue weighted by molar-refractivity contribution is 0.171. The molecule has 0 aliphatic heterocycles. The van der Waals surface area contributed by atoms with Gasteiger partial charge in [-0.15, -0.1) is 0 Å². The molecule has 2 atom stereocenters. The smallest absolute Gasteiger partial charge is 0.0922 e. The molecule has 0 amide bonds. The molecule has 2 aromatic heterocycles. The first-order valence-corrected chi connectivity index (χ1v) is 6.41. The van der Waals surface area contributed by atoms with Crippen LogP contribution in [0.1, 0.15) is 30.3 Å². The van der Waals surface area contributed by atoms with Crippen LogP contribution in [0.2, 0.25) is 0 Å². The lowest BCUT2D eigenvalue weighted by Crippen LogP contribution is -2.25. The summed E-state index contributed by atoms with van der Waals surface area (Å²) in [5, 5.41) is 17.1. The Labute approximate surface area is 104 Å². The Kier molecular flexibility index (Phi) is 4.19. The van der Waals surface area contributed by atoms with E-state index in [-0.39, 0.29) is 6.04 Å². The normalized spacial score (nSPS) is 14.5. The molecule has 0 aliphatic rings. The third-order valence-electron chi connectivity index (χ3n) is 2.57. The zero-order valence-corrected chi connectivity index (χ0v) is 10.4. The van der Waals surface area contributed by atoms with E-state index in [0.717, 1.165) is 11.3 Å². The quantitative estimate of drug-likeness (QED) is 0.850. The summed E-state index contributed by atoms with van der Waals surface area (Å²) < 4.78 is 0. The van der Waals surface area contributed by atoms with Gasteiger partial charge in [0, 0.05) is 31.2 Å². The Balaban J connectivity index is 1.86. The number of hydrogen-bond donors (Lipinski definition) is 2. The van der Waals surface area contributed by atoms with Gasteiger partial charge in [0.25, 0.3) is 0 Å². The molecule has 5 heteroatoms. The fourth-order valence-electron chi connectivity index (χ4n) is 1.51. The van der Waals surface area contributed by atoms with Gasteiger partial charge in [0.05, 0.1) is 11.8 Å². The van der Waals surface area contributed by atoms with Crippen molar-refractivity contribution >= 4 is 11.3 Å². The molecule has 0 aliphatic carbocycles. The van der Waals surface area contributed by atoms with Crippen LogP contribution in [0.5, 0.6) is 0 Å². The van der Waals surface area contributed by atoms with Gasteiger partial charge in [-0.25, -0.2) is 0 Å². The molecule has 2 rings (SSSR count). The number of aromatic nitrogens is 2. The Hall–Kier alpha value is -1.30. The van der Waals surface area contributed by atoms with Crippen molar-refractivity contribution in [2.45, 2.75) is 19.1 Å².